The lowest BCUT2D eigenvalue weighted by Crippen LogP contribution is -2.47. The molecule has 2 aliphatic heterocycles. The number of rotatable bonds is 4. The van der Waals surface area contributed by atoms with Gasteiger partial charge in [0.15, 0.2) is 0 Å². The first-order valence-corrected chi connectivity index (χ1v) is 8.30. The Kier molecular flexibility index (Phi) is 4.95. The summed E-state index contributed by atoms with van der Waals surface area (Å²) in [5.74, 6) is 0.0798. The van der Waals surface area contributed by atoms with Crippen LogP contribution in [0.4, 0.5) is 0 Å². The van der Waals surface area contributed by atoms with Crippen molar-refractivity contribution in [1.29, 1.82) is 0 Å². The molecule has 1 aromatic rings. The summed E-state index contributed by atoms with van der Waals surface area (Å²) in [6, 6.07) is 0.120. The molecule has 0 aromatic carbocycles. The molecule has 0 radical (unpaired) electrons. The molecule has 0 spiro atoms. The third-order valence-corrected chi connectivity index (χ3v) is 4.58. The molecule has 7 nitrogen and oxygen atoms in total. The Labute approximate surface area is 136 Å². The summed E-state index contributed by atoms with van der Waals surface area (Å²) in [4.78, 5) is 26.3. The van der Waals surface area contributed by atoms with Gasteiger partial charge in [0.25, 0.3) is 5.91 Å². The highest BCUT2D eigenvalue weighted by Gasteiger charge is 2.27. The summed E-state index contributed by atoms with van der Waals surface area (Å²) >= 11 is 0. The SMILES string of the molecule is Cn1cc(C(=O)NC2CCN(C(=O)C[C@@H]3CCCO3)CC2)cn1. The fourth-order valence-electron chi connectivity index (χ4n) is 3.21. The molecule has 126 valence electrons. The molecular weight excluding hydrogens is 296 g/mol. The summed E-state index contributed by atoms with van der Waals surface area (Å²) in [5.41, 5.74) is 0.574. The van der Waals surface area contributed by atoms with Gasteiger partial charge in [-0.3, -0.25) is 14.3 Å². The maximum absolute atomic E-state index is 12.3. The van der Waals surface area contributed by atoms with E-state index >= 15 is 0 Å². The van der Waals surface area contributed by atoms with Crippen LogP contribution in [0.1, 0.15) is 42.5 Å². The van der Waals surface area contributed by atoms with Gasteiger partial charge in [-0.2, -0.15) is 5.10 Å². The first kappa shape index (κ1) is 16.0. The number of carbonyl (C=O) groups is 2. The van der Waals surface area contributed by atoms with Gasteiger partial charge in [0, 0.05) is 39.0 Å². The smallest absolute Gasteiger partial charge is 0.254 e. The van der Waals surface area contributed by atoms with E-state index in [0.29, 0.717) is 25.1 Å². The van der Waals surface area contributed by atoms with Crippen LogP contribution in [0, 0.1) is 0 Å². The van der Waals surface area contributed by atoms with E-state index in [-0.39, 0.29) is 24.0 Å². The Hall–Kier alpha value is -1.89. The van der Waals surface area contributed by atoms with Gasteiger partial charge in [-0.15, -0.1) is 0 Å². The number of piperidine rings is 1. The summed E-state index contributed by atoms with van der Waals surface area (Å²) in [6.45, 7) is 2.17. The van der Waals surface area contributed by atoms with Crippen molar-refractivity contribution in [2.45, 2.75) is 44.2 Å². The maximum atomic E-state index is 12.3. The summed E-state index contributed by atoms with van der Waals surface area (Å²) in [5, 5.41) is 7.03. The molecule has 0 bridgehead atoms. The van der Waals surface area contributed by atoms with Gasteiger partial charge in [-0.1, -0.05) is 0 Å². The van der Waals surface area contributed by atoms with Crippen LogP contribution < -0.4 is 5.32 Å². The zero-order chi connectivity index (χ0) is 16.2. The third kappa shape index (κ3) is 4.10. The largest absolute Gasteiger partial charge is 0.378 e. The van der Waals surface area contributed by atoms with Crippen LogP contribution >= 0.6 is 0 Å². The molecule has 2 aliphatic rings. The van der Waals surface area contributed by atoms with Gasteiger partial charge in [0.05, 0.1) is 24.3 Å². The highest BCUT2D eigenvalue weighted by molar-refractivity contribution is 5.93. The molecule has 0 saturated carbocycles. The molecule has 3 heterocycles. The molecule has 0 unspecified atom stereocenters. The second kappa shape index (κ2) is 7.12. The molecule has 2 fully saturated rings. The minimum atomic E-state index is -0.0952. The van der Waals surface area contributed by atoms with Crippen LogP contribution in [0.15, 0.2) is 12.4 Å². The number of aromatic nitrogens is 2. The van der Waals surface area contributed by atoms with Gasteiger partial charge >= 0.3 is 0 Å². The Morgan fingerprint density at radius 1 is 1.35 bits per heavy atom. The van der Waals surface area contributed by atoms with E-state index in [9.17, 15) is 9.59 Å². The molecule has 1 N–H and O–H groups in total. The van der Waals surface area contributed by atoms with Crippen LogP contribution in [0.25, 0.3) is 0 Å². The predicted molar refractivity (Wildman–Crippen MR) is 83.9 cm³/mol. The highest BCUT2D eigenvalue weighted by atomic mass is 16.5. The average Bonchev–Trinajstić information content (AvgIpc) is 3.19. The van der Waals surface area contributed by atoms with Crippen molar-refractivity contribution in [2.24, 2.45) is 7.05 Å². The minimum Gasteiger partial charge on any atom is -0.378 e. The van der Waals surface area contributed by atoms with E-state index in [2.05, 4.69) is 10.4 Å². The lowest BCUT2D eigenvalue weighted by atomic mass is 10.0. The van der Waals surface area contributed by atoms with Crippen LogP contribution in [-0.2, 0) is 16.6 Å². The fourth-order valence-corrected chi connectivity index (χ4v) is 3.21. The molecule has 23 heavy (non-hydrogen) atoms. The summed E-state index contributed by atoms with van der Waals surface area (Å²) < 4.78 is 7.14. The number of hydrogen-bond acceptors (Lipinski definition) is 4. The van der Waals surface area contributed by atoms with E-state index in [0.717, 1.165) is 32.3 Å². The monoisotopic (exact) mass is 320 g/mol. The van der Waals surface area contributed by atoms with Crippen LogP contribution in [-0.4, -0.2) is 58.3 Å². The van der Waals surface area contributed by atoms with Gasteiger partial charge in [0.2, 0.25) is 5.91 Å². The van der Waals surface area contributed by atoms with Crippen molar-refractivity contribution in [3.05, 3.63) is 18.0 Å². The number of amides is 2. The zero-order valence-electron chi connectivity index (χ0n) is 13.5. The summed E-state index contributed by atoms with van der Waals surface area (Å²) in [7, 11) is 1.79. The van der Waals surface area contributed by atoms with Crippen LogP contribution in [0.5, 0.6) is 0 Å². The topological polar surface area (TPSA) is 76.5 Å². The maximum Gasteiger partial charge on any atom is 0.254 e. The molecule has 1 aromatic heterocycles. The number of nitrogens with zero attached hydrogens (tertiary/aromatic N) is 3. The molecule has 7 heteroatoms. The van der Waals surface area contributed by atoms with Crippen molar-refractivity contribution < 1.29 is 14.3 Å². The zero-order valence-corrected chi connectivity index (χ0v) is 13.5. The van der Waals surface area contributed by atoms with Crippen molar-refractivity contribution in [3.8, 4) is 0 Å². The van der Waals surface area contributed by atoms with Crippen molar-refractivity contribution in [3.63, 3.8) is 0 Å². The van der Waals surface area contributed by atoms with E-state index in [1.165, 1.54) is 0 Å². The number of likely N-dealkylation sites (tertiary alicyclic amines) is 1. The number of aryl methyl sites for hydroxylation is 1. The van der Waals surface area contributed by atoms with Gasteiger partial charge in [-0.05, 0) is 25.7 Å². The van der Waals surface area contributed by atoms with Crippen LogP contribution in [0.2, 0.25) is 0 Å². The fraction of sp³-hybridized carbons (Fsp3) is 0.688. The Bertz CT molecular complexity index is 557. The van der Waals surface area contributed by atoms with Gasteiger partial charge in [0.1, 0.15) is 0 Å². The van der Waals surface area contributed by atoms with Crippen molar-refractivity contribution >= 4 is 11.8 Å². The Morgan fingerprint density at radius 3 is 2.74 bits per heavy atom. The second-order valence-corrected chi connectivity index (χ2v) is 6.37. The number of nitrogens with one attached hydrogen (secondary N) is 1. The minimum absolute atomic E-state index is 0.0952. The predicted octanol–water partition coefficient (Wildman–Crippen LogP) is 0.710. The summed E-state index contributed by atoms with van der Waals surface area (Å²) in [6.07, 6.45) is 7.50. The normalized spacial score (nSPS) is 22.3. The molecule has 1 atom stereocenters. The van der Waals surface area contributed by atoms with E-state index in [1.54, 1.807) is 24.1 Å². The second-order valence-electron chi connectivity index (χ2n) is 6.37. The first-order valence-electron chi connectivity index (χ1n) is 8.30. The van der Waals surface area contributed by atoms with E-state index in [4.69, 9.17) is 4.74 Å². The van der Waals surface area contributed by atoms with Gasteiger partial charge in [-0.25, -0.2) is 0 Å². The molecule has 2 saturated heterocycles. The van der Waals surface area contributed by atoms with Crippen molar-refractivity contribution in [1.82, 2.24) is 20.0 Å². The van der Waals surface area contributed by atoms with Crippen LogP contribution in [0.3, 0.4) is 0 Å². The Balaban J connectivity index is 1.42. The quantitative estimate of drug-likeness (QED) is 0.886. The first-order chi connectivity index (χ1) is 11.1. The number of hydrogen-bond donors (Lipinski definition) is 1. The molecular formula is C16H24N4O3. The molecule has 0 aliphatic carbocycles. The Morgan fingerprint density at radius 2 is 2.13 bits per heavy atom. The van der Waals surface area contributed by atoms with Gasteiger partial charge < -0.3 is 15.0 Å². The molecule has 2 amide bonds. The third-order valence-electron chi connectivity index (χ3n) is 4.58. The lowest BCUT2D eigenvalue weighted by molar-refractivity contribution is -0.134. The highest BCUT2D eigenvalue weighted by Crippen LogP contribution is 2.18. The standard InChI is InChI=1S/C16H24N4O3/c1-19-11-12(10-17-19)16(22)18-13-4-6-20(7-5-13)15(21)9-14-3-2-8-23-14/h10-11,13-14H,2-9H2,1H3,(H,18,22)/t14-/m0/s1. The van der Waals surface area contributed by atoms with E-state index in [1.807, 2.05) is 4.90 Å². The molecule has 3 rings (SSSR count). The van der Waals surface area contributed by atoms with Crippen molar-refractivity contribution in [2.75, 3.05) is 19.7 Å². The number of carbonyl (C=O) groups excluding carboxylic acids is 2. The lowest BCUT2D eigenvalue weighted by Gasteiger charge is -2.32. The van der Waals surface area contributed by atoms with E-state index < -0.39 is 0 Å². The average molecular weight is 320 g/mol. The number of ether oxygens (including phenoxy) is 1.